The molecule has 0 saturated heterocycles. The number of benzene rings is 1. The van der Waals surface area contributed by atoms with Crippen molar-refractivity contribution in [1.29, 1.82) is 0 Å². The molecule has 0 radical (unpaired) electrons. The Morgan fingerprint density at radius 3 is 2.06 bits per heavy atom. The molecule has 0 heterocycles. The van der Waals surface area contributed by atoms with Crippen molar-refractivity contribution in [2.45, 2.75) is 27.2 Å². The number of hydrogen-bond acceptors (Lipinski definition) is 1. The van der Waals surface area contributed by atoms with Gasteiger partial charge < -0.3 is 5.32 Å². The van der Waals surface area contributed by atoms with Crippen LogP contribution in [0.2, 0.25) is 0 Å². The van der Waals surface area contributed by atoms with Gasteiger partial charge in [0, 0.05) is 18.3 Å². The van der Waals surface area contributed by atoms with E-state index >= 15 is 0 Å². The van der Waals surface area contributed by atoms with Crippen LogP contribution in [0, 0.1) is 0 Å². The Kier molecular flexibility index (Phi) is 3.94. The van der Waals surface area contributed by atoms with Crippen LogP contribution < -0.4 is 5.32 Å². The molecule has 0 aliphatic rings. The Morgan fingerprint density at radius 1 is 1.12 bits per heavy atom. The zero-order valence-corrected chi connectivity index (χ0v) is 10.8. The van der Waals surface area contributed by atoms with Crippen LogP contribution in [-0.2, 0) is 6.42 Å². The second-order valence-corrected chi connectivity index (χ2v) is 4.19. The lowest BCUT2D eigenvalue weighted by Crippen LogP contribution is -2.01. The van der Waals surface area contributed by atoms with Crippen molar-refractivity contribution in [1.82, 2.24) is 0 Å². The van der Waals surface area contributed by atoms with E-state index in [9.17, 15) is 0 Å². The molecule has 1 aromatic rings. The fraction of sp³-hybridized carbons (Fsp3) is 0.333. The lowest BCUT2D eigenvalue weighted by atomic mass is 9.90. The van der Waals surface area contributed by atoms with Gasteiger partial charge in [-0.25, -0.2) is 0 Å². The summed E-state index contributed by atoms with van der Waals surface area (Å²) in [5.41, 5.74) is 7.10. The first-order valence-electron chi connectivity index (χ1n) is 5.68. The minimum atomic E-state index is 1.02. The Hall–Kier alpha value is -1.50. The molecule has 0 aliphatic heterocycles. The summed E-state index contributed by atoms with van der Waals surface area (Å²) in [5.74, 6) is 0. The molecule has 0 atom stereocenters. The highest BCUT2D eigenvalue weighted by Gasteiger charge is 2.12. The predicted octanol–water partition coefficient (Wildman–Crippen LogP) is 4.36. The van der Waals surface area contributed by atoms with E-state index in [2.05, 4.69) is 44.5 Å². The molecule has 0 fully saturated rings. The molecule has 0 bridgehead atoms. The maximum absolute atomic E-state index is 4.08. The topological polar surface area (TPSA) is 12.0 Å². The molecule has 0 aliphatic carbocycles. The number of nitrogens with one attached hydrogen (secondary N) is 1. The van der Waals surface area contributed by atoms with Crippen molar-refractivity contribution in [2.75, 3.05) is 12.4 Å². The monoisotopic (exact) mass is 215 g/mol. The highest BCUT2D eigenvalue weighted by molar-refractivity contribution is 5.85. The van der Waals surface area contributed by atoms with E-state index in [1.54, 1.807) is 0 Å². The van der Waals surface area contributed by atoms with Gasteiger partial charge in [0.25, 0.3) is 0 Å². The molecule has 0 spiro atoms. The van der Waals surface area contributed by atoms with Crippen LogP contribution in [0.1, 0.15) is 37.5 Å². The normalized spacial score (nSPS) is 10.0. The summed E-state index contributed by atoms with van der Waals surface area (Å²) in [6.07, 6.45) is 1.02. The molecule has 0 saturated carbocycles. The van der Waals surface area contributed by atoms with Gasteiger partial charge in [0.05, 0.1) is 0 Å². The fourth-order valence-electron chi connectivity index (χ4n) is 2.08. The fourth-order valence-corrected chi connectivity index (χ4v) is 2.08. The molecular weight excluding hydrogens is 194 g/mol. The molecule has 1 rings (SSSR count). The zero-order chi connectivity index (χ0) is 12.3. The van der Waals surface area contributed by atoms with Gasteiger partial charge >= 0.3 is 0 Å². The Labute approximate surface area is 98.9 Å². The van der Waals surface area contributed by atoms with Crippen LogP contribution >= 0.6 is 0 Å². The van der Waals surface area contributed by atoms with Crippen LogP contribution in [-0.4, -0.2) is 7.05 Å². The van der Waals surface area contributed by atoms with Crippen LogP contribution in [0.15, 0.2) is 25.3 Å². The number of hydrogen-bond donors (Lipinski definition) is 1. The molecule has 86 valence electrons. The van der Waals surface area contributed by atoms with E-state index in [1.807, 2.05) is 14.0 Å². The Balaban J connectivity index is 3.60. The second kappa shape index (κ2) is 5.02. The number of allylic oxidation sites excluding steroid dienone is 2. The predicted molar refractivity (Wildman–Crippen MR) is 74.8 cm³/mol. The zero-order valence-electron chi connectivity index (χ0n) is 10.8. The van der Waals surface area contributed by atoms with Gasteiger partial charge in [-0.15, -0.1) is 0 Å². The van der Waals surface area contributed by atoms with Gasteiger partial charge in [0.15, 0.2) is 0 Å². The Morgan fingerprint density at radius 2 is 1.69 bits per heavy atom. The van der Waals surface area contributed by atoms with E-state index in [0.29, 0.717) is 0 Å². The van der Waals surface area contributed by atoms with Gasteiger partial charge in [-0.2, -0.15) is 0 Å². The third-order valence-electron chi connectivity index (χ3n) is 2.80. The van der Waals surface area contributed by atoms with Crippen LogP contribution in [0.25, 0.3) is 11.1 Å². The smallest absolute Gasteiger partial charge is 0.0420 e. The first-order chi connectivity index (χ1) is 7.52. The van der Waals surface area contributed by atoms with Crippen LogP contribution in [0.4, 0.5) is 5.69 Å². The number of rotatable bonds is 4. The lowest BCUT2D eigenvalue weighted by Gasteiger charge is -2.18. The quantitative estimate of drug-likeness (QED) is 0.787. The molecule has 0 unspecified atom stereocenters. The number of anilines is 1. The average Bonchev–Trinajstić information content (AvgIpc) is 2.26. The molecule has 1 N–H and O–H groups in total. The first-order valence-corrected chi connectivity index (χ1v) is 5.68. The maximum atomic E-state index is 4.08. The van der Waals surface area contributed by atoms with Gasteiger partial charge in [-0.1, -0.05) is 31.7 Å². The third kappa shape index (κ3) is 2.19. The van der Waals surface area contributed by atoms with Gasteiger partial charge in [0.1, 0.15) is 0 Å². The average molecular weight is 215 g/mol. The van der Waals surface area contributed by atoms with Gasteiger partial charge in [0.2, 0.25) is 0 Å². The van der Waals surface area contributed by atoms with Crippen molar-refractivity contribution in [2.24, 2.45) is 0 Å². The summed E-state index contributed by atoms with van der Waals surface area (Å²) in [6.45, 7) is 14.4. The largest absolute Gasteiger partial charge is 0.388 e. The van der Waals surface area contributed by atoms with E-state index in [4.69, 9.17) is 0 Å². The summed E-state index contributed by atoms with van der Waals surface area (Å²) < 4.78 is 0. The minimum Gasteiger partial charge on any atom is -0.388 e. The maximum Gasteiger partial charge on any atom is 0.0420 e. The molecule has 1 nitrogen and oxygen atoms in total. The SMILES string of the molecule is C=C(C)c1c(CC)ccc(NC)c1C(=C)C. The van der Waals surface area contributed by atoms with E-state index in [0.717, 1.165) is 23.3 Å². The van der Waals surface area contributed by atoms with E-state index in [1.165, 1.54) is 16.7 Å². The summed E-state index contributed by atoms with van der Waals surface area (Å²) in [5, 5.41) is 3.22. The van der Waals surface area contributed by atoms with E-state index < -0.39 is 0 Å². The molecule has 1 aromatic carbocycles. The lowest BCUT2D eigenvalue weighted by molar-refractivity contribution is 1.12. The van der Waals surface area contributed by atoms with Crippen molar-refractivity contribution in [3.8, 4) is 0 Å². The van der Waals surface area contributed by atoms with Gasteiger partial charge in [-0.3, -0.25) is 0 Å². The number of aryl methyl sites for hydroxylation is 1. The minimum absolute atomic E-state index is 1.02. The van der Waals surface area contributed by atoms with Crippen molar-refractivity contribution in [3.63, 3.8) is 0 Å². The summed E-state index contributed by atoms with van der Waals surface area (Å²) in [7, 11) is 1.94. The van der Waals surface area contributed by atoms with Crippen molar-refractivity contribution in [3.05, 3.63) is 42.0 Å². The summed E-state index contributed by atoms with van der Waals surface area (Å²) >= 11 is 0. The molecular formula is C15H21N. The summed E-state index contributed by atoms with van der Waals surface area (Å²) in [4.78, 5) is 0. The van der Waals surface area contributed by atoms with Crippen LogP contribution in [0.3, 0.4) is 0 Å². The third-order valence-corrected chi connectivity index (χ3v) is 2.80. The highest BCUT2D eigenvalue weighted by Crippen LogP contribution is 2.33. The second-order valence-electron chi connectivity index (χ2n) is 4.19. The molecule has 16 heavy (non-hydrogen) atoms. The molecule has 0 aromatic heterocycles. The first kappa shape index (κ1) is 12.6. The standard InChI is InChI=1S/C15H21N/c1-7-12-8-9-13(16-6)15(11(4)5)14(12)10(2)3/h8-9,16H,2,4,7H2,1,3,5-6H3. The Bertz CT molecular complexity index is 386. The van der Waals surface area contributed by atoms with Crippen molar-refractivity contribution >= 4 is 16.8 Å². The summed E-state index contributed by atoms with van der Waals surface area (Å²) in [6, 6.07) is 4.29. The van der Waals surface area contributed by atoms with Crippen molar-refractivity contribution < 1.29 is 0 Å². The highest BCUT2D eigenvalue weighted by atomic mass is 14.8. The molecule has 0 amide bonds. The molecule has 1 heteroatoms. The van der Waals surface area contributed by atoms with E-state index in [-0.39, 0.29) is 0 Å². The van der Waals surface area contributed by atoms with Gasteiger partial charge in [-0.05, 0) is 43.0 Å². The van der Waals surface area contributed by atoms with Crippen LogP contribution in [0.5, 0.6) is 0 Å².